The molecule has 0 aromatic heterocycles. The third-order valence-electron chi connectivity index (χ3n) is 1.34. The fourth-order valence-corrected chi connectivity index (χ4v) is 1.26. The Morgan fingerprint density at radius 1 is 1.20 bits per heavy atom. The zero-order valence-corrected chi connectivity index (χ0v) is 8.47. The number of hydrogen-bond donors (Lipinski definition) is 0. The first-order chi connectivity index (χ1) is 4.91. The average molecular weight is 162 g/mol. The molecule has 0 atom stereocenters. The van der Waals surface area contributed by atoms with Gasteiger partial charge < -0.3 is 8.85 Å². The summed E-state index contributed by atoms with van der Waals surface area (Å²) in [5, 5.41) is 0. The van der Waals surface area contributed by atoms with Crippen LogP contribution >= 0.6 is 0 Å². The van der Waals surface area contributed by atoms with Crippen LogP contribution in [0.3, 0.4) is 0 Å². The first-order valence-electron chi connectivity index (χ1n) is 3.98. The topological polar surface area (TPSA) is 18.5 Å². The predicted octanol–water partition coefficient (Wildman–Crippen LogP) is 1.23. The Morgan fingerprint density at radius 2 is 2.00 bits per heavy atom. The lowest BCUT2D eigenvalue weighted by Crippen LogP contribution is -2.02. The summed E-state index contributed by atoms with van der Waals surface area (Å²) < 4.78 is 10.1. The average Bonchev–Trinajstić information content (AvgIpc) is 1.97. The van der Waals surface area contributed by atoms with E-state index in [4.69, 9.17) is 8.85 Å². The van der Waals surface area contributed by atoms with Gasteiger partial charge in [-0.25, -0.2) is 0 Å². The van der Waals surface area contributed by atoms with Crippen molar-refractivity contribution in [3.63, 3.8) is 0 Å². The van der Waals surface area contributed by atoms with E-state index in [2.05, 4.69) is 6.92 Å². The lowest BCUT2D eigenvalue weighted by atomic mass is 10.2. The van der Waals surface area contributed by atoms with Crippen molar-refractivity contribution in [1.29, 1.82) is 0 Å². The fourth-order valence-electron chi connectivity index (χ4n) is 0.773. The maximum absolute atomic E-state index is 5.25. The minimum absolute atomic E-state index is 0.613. The van der Waals surface area contributed by atoms with Gasteiger partial charge in [-0.05, 0) is 6.42 Å². The largest absolute Gasteiger partial charge is 0.402 e. The minimum Gasteiger partial charge on any atom is -0.402 e. The summed E-state index contributed by atoms with van der Waals surface area (Å²) >= 11 is 0. The molecule has 0 bridgehead atoms. The van der Waals surface area contributed by atoms with Crippen LogP contribution in [-0.4, -0.2) is 23.7 Å². The molecule has 10 heavy (non-hydrogen) atoms. The summed E-state index contributed by atoms with van der Waals surface area (Å²) in [5.74, 6) is 0. The molecule has 0 fully saturated rings. The van der Waals surface area contributed by atoms with Gasteiger partial charge in [-0.2, -0.15) is 0 Å². The first kappa shape index (κ1) is 10.1. The molecule has 0 aliphatic carbocycles. The van der Waals surface area contributed by atoms with Gasteiger partial charge in [-0.1, -0.05) is 26.2 Å². The standard InChI is InChI=1S/C7H18O2Si/c1-3-4-5-6-7-9-10-8-2/h3-7,10H2,1-2H3. The minimum atomic E-state index is -0.613. The highest BCUT2D eigenvalue weighted by Gasteiger charge is 1.87. The number of unbranched alkanes of at least 4 members (excludes halogenated alkanes) is 3. The second kappa shape index (κ2) is 9.14. The second-order valence-electron chi connectivity index (χ2n) is 2.38. The van der Waals surface area contributed by atoms with Gasteiger partial charge >= 0.3 is 10.0 Å². The van der Waals surface area contributed by atoms with E-state index in [0.29, 0.717) is 0 Å². The summed E-state index contributed by atoms with van der Waals surface area (Å²) in [5.41, 5.74) is 0. The predicted molar refractivity (Wildman–Crippen MR) is 45.6 cm³/mol. The third kappa shape index (κ3) is 8.14. The molecule has 0 saturated heterocycles. The monoisotopic (exact) mass is 162 g/mol. The van der Waals surface area contributed by atoms with Crippen molar-refractivity contribution in [2.75, 3.05) is 13.7 Å². The maximum Gasteiger partial charge on any atom is 0.304 e. The molecule has 0 heterocycles. The Bertz CT molecular complexity index is 51.6. The van der Waals surface area contributed by atoms with E-state index in [1.165, 1.54) is 25.7 Å². The van der Waals surface area contributed by atoms with Gasteiger partial charge in [0.25, 0.3) is 0 Å². The Kier molecular flexibility index (Phi) is 9.26. The van der Waals surface area contributed by atoms with Crippen molar-refractivity contribution < 1.29 is 8.85 Å². The Balaban J connectivity index is 2.65. The van der Waals surface area contributed by atoms with Gasteiger partial charge in [0.2, 0.25) is 0 Å². The summed E-state index contributed by atoms with van der Waals surface area (Å²) in [6.07, 6.45) is 5.12. The highest BCUT2D eigenvalue weighted by atomic mass is 28.3. The molecule has 62 valence electrons. The van der Waals surface area contributed by atoms with Crippen LogP contribution in [0.1, 0.15) is 32.6 Å². The molecule has 0 rings (SSSR count). The van der Waals surface area contributed by atoms with E-state index in [1.54, 1.807) is 7.11 Å². The van der Waals surface area contributed by atoms with Crippen LogP contribution in [0.5, 0.6) is 0 Å². The van der Waals surface area contributed by atoms with Gasteiger partial charge in [-0.15, -0.1) is 0 Å². The van der Waals surface area contributed by atoms with Gasteiger partial charge in [0.1, 0.15) is 0 Å². The first-order valence-corrected chi connectivity index (χ1v) is 5.14. The zero-order chi connectivity index (χ0) is 7.66. The van der Waals surface area contributed by atoms with Crippen molar-refractivity contribution in [3.05, 3.63) is 0 Å². The summed E-state index contributed by atoms with van der Waals surface area (Å²) in [6.45, 7) is 3.12. The molecule has 0 radical (unpaired) electrons. The van der Waals surface area contributed by atoms with Gasteiger partial charge in [0, 0.05) is 13.7 Å². The molecule has 3 heteroatoms. The van der Waals surface area contributed by atoms with E-state index >= 15 is 0 Å². The van der Waals surface area contributed by atoms with E-state index in [1.807, 2.05) is 0 Å². The molecule has 0 aromatic rings. The lowest BCUT2D eigenvalue weighted by molar-refractivity contribution is 0.249. The van der Waals surface area contributed by atoms with Crippen LogP contribution in [-0.2, 0) is 8.85 Å². The fraction of sp³-hybridized carbons (Fsp3) is 1.00. The molecular formula is C7H18O2Si. The molecule has 0 N–H and O–H groups in total. The van der Waals surface area contributed by atoms with Crippen LogP contribution in [0.25, 0.3) is 0 Å². The Morgan fingerprint density at radius 3 is 2.60 bits per heavy atom. The Labute approximate surface area is 66.0 Å². The second-order valence-corrected chi connectivity index (χ2v) is 3.60. The highest BCUT2D eigenvalue weighted by molar-refractivity contribution is 6.17. The summed E-state index contributed by atoms with van der Waals surface area (Å²) in [4.78, 5) is 0. The molecule has 0 spiro atoms. The highest BCUT2D eigenvalue weighted by Crippen LogP contribution is 1.97. The van der Waals surface area contributed by atoms with Crippen LogP contribution in [0.2, 0.25) is 0 Å². The van der Waals surface area contributed by atoms with Crippen LogP contribution in [0, 0.1) is 0 Å². The molecule has 0 aromatic carbocycles. The molecule has 0 aliphatic heterocycles. The molecular weight excluding hydrogens is 144 g/mol. The summed E-state index contributed by atoms with van der Waals surface area (Å²) in [7, 11) is 1.09. The number of hydrogen-bond acceptors (Lipinski definition) is 2. The molecule has 0 aliphatic rings. The van der Waals surface area contributed by atoms with Crippen molar-refractivity contribution in [2.45, 2.75) is 32.6 Å². The van der Waals surface area contributed by atoms with Crippen molar-refractivity contribution in [3.8, 4) is 0 Å². The lowest BCUT2D eigenvalue weighted by Gasteiger charge is -2.00. The third-order valence-corrected chi connectivity index (χ3v) is 2.03. The van der Waals surface area contributed by atoms with Crippen LogP contribution in [0.4, 0.5) is 0 Å². The smallest absolute Gasteiger partial charge is 0.304 e. The normalized spacial score (nSPS) is 11.4. The Hall–Kier alpha value is 0.137. The molecule has 0 unspecified atom stereocenters. The maximum atomic E-state index is 5.25. The van der Waals surface area contributed by atoms with E-state index in [0.717, 1.165) is 6.61 Å². The van der Waals surface area contributed by atoms with Crippen LogP contribution in [0.15, 0.2) is 0 Å². The summed E-state index contributed by atoms with van der Waals surface area (Å²) in [6, 6.07) is 0. The molecule has 2 nitrogen and oxygen atoms in total. The van der Waals surface area contributed by atoms with Gasteiger partial charge in [-0.3, -0.25) is 0 Å². The van der Waals surface area contributed by atoms with Gasteiger partial charge in [0.15, 0.2) is 0 Å². The van der Waals surface area contributed by atoms with Crippen molar-refractivity contribution >= 4 is 10.0 Å². The SMILES string of the molecule is CCCCCCO[SiH2]OC. The quantitative estimate of drug-likeness (QED) is 0.414. The molecule has 0 amide bonds. The van der Waals surface area contributed by atoms with Crippen molar-refractivity contribution in [1.82, 2.24) is 0 Å². The van der Waals surface area contributed by atoms with Crippen LogP contribution < -0.4 is 0 Å². The van der Waals surface area contributed by atoms with E-state index in [9.17, 15) is 0 Å². The van der Waals surface area contributed by atoms with E-state index < -0.39 is 10.0 Å². The zero-order valence-electron chi connectivity index (χ0n) is 7.06. The van der Waals surface area contributed by atoms with E-state index in [-0.39, 0.29) is 0 Å². The van der Waals surface area contributed by atoms with Crippen molar-refractivity contribution in [2.24, 2.45) is 0 Å². The number of rotatable bonds is 7. The molecule has 0 saturated carbocycles. The van der Waals surface area contributed by atoms with Gasteiger partial charge in [0.05, 0.1) is 0 Å².